The third kappa shape index (κ3) is 3.31. The quantitative estimate of drug-likeness (QED) is 0.858. The van der Waals surface area contributed by atoms with Crippen LogP contribution in [0.15, 0.2) is 42.5 Å². The van der Waals surface area contributed by atoms with Gasteiger partial charge in [0.25, 0.3) is 0 Å². The lowest BCUT2D eigenvalue weighted by molar-refractivity contribution is -0.140. The molecule has 0 fully saturated rings. The molecular formula is C14H8F4O3. The van der Waals surface area contributed by atoms with Crippen LogP contribution in [0.5, 0.6) is 11.5 Å². The lowest BCUT2D eigenvalue weighted by Gasteiger charge is -2.12. The zero-order chi connectivity index (χ0) is 15.6. The molecule has 0 unspecified atom stereocenters. The second kappa shape index (κ2) is 5.43. The Hall–Kier alpha value is -2.57. The van der Waals surface area contributed by atoms with E-state index in [1.54, 1.807) is 0 Å². The van der Waals surface area contributed by atoms with E-state index in [0.29, 0.717) is 12.1 Å². The third-order valence-electron chi connectivity index (χ3n) is 2.59. The van der Waals surface area contributed by atoms with Crippen molar-refractivity contribution in [2.75, 3.05) is 0 Å². The second-order valence-electron chi connectivity index (χ2n) is 4.04. The van der Waals surface area contributed by atoms with Crippen LogP contribution >= 0.6 is 0 Å². The predicted octanol–water partition coefficient (Wildman–Crippen LogP) is 4.34. The van der Waals surface area contributed by atoms with Gasteiger partial charge in [-0.2, -0.15) is 13.2 Å². The van der Waals surface area contributed by atoms with Crippen molar-refractivity contribution in [1.29, 1.82) is 0 Å². The number of carboxylic acid groups (broad SMARTS) is 1. The minimum absolute atomic E-state index is 0.135. The molecule has 0 spiro atoms. The van der Waals surface area contributed by atoms with Gasteiger partial charge in [-0.3, -0.25) is 0 Å². The minimum atomic E-state index is -4.87. The van der Waals surface area contributed by atoms with Crippen molar-refractivity contribution in [2.24, 2.45) is 0 Å². The molecular weight excluding hydrogens is 292 g/mol. The predicted molar refractivity (Wildman–Crippen MR) is 64.9 cm³/mol. The Labute approximate surface area is 116 Å². The molecule has 3 nitrogen and oxygen atoms in total. The van der Waals surface area contributed by atoms with Gasteiger partial charge in [0.15, 0.2) is 0 Å². The summed E-state index contributed by atoms with van der Waals surface area (Å²) in [6.07, 6.45) is -4.87. The van der Waals surface area contributed by atoms with Crippen molar-refractivity contribution in [3.8, 4) is 11.5 Å². The molecule has 0 aliphatic carbocycles. The molecule has 0 radical (unpaired) electrons. The van der Waals surface area contributed by atoms with E-state index < -0.39 is 23.5 Å². The zero-order valence-corrected chi connectivity index (χ0v) is 10.3. The minimum Gasteiger partial charge on any atom is -0.478 e. The molecule has 0 aliphatic rings. The first kappa shape index (κ1) is 14.8. The number of alkyl halides is 3. The fourth-order valence-corrected chi connectivity index (χ4v) is 1.64. The molecule has 0 aliphatic heterocycles. The van der Waals surface area contributed by atoms with Gasteiger partial charge < -0.3 is 9.84 Å². The topological polar surface area (TPSA) is 46.5 Å². The Balaban J connectivity index is 2.40. The van der Waals surface area contributed by atoms with Crippen molar-refractivity contribution in [3.05, 3.63) is 59.4 Å². The number of para-hydroxylation sites is 1. The van der Waals surface area contributed by atoms with Gasteiger partial charge >= 0.3 is 12.1 Å². The van der Waals surface area contributed by atoms with Gasteiger partial charge in [0, 0.05) is 0 Å². The van der Waals surface area contributed by atoms with Crippen molar-refractivity contribution in [3.63, 3.8) is 0 Å². The third-order valence-corrected chi connectivity index (χ3v) is 2.59. The van der Waals surface area contributed by atoms with Crippen LogP contribution in [0.25, 0.3) is 0 Å². The Morgan fingerprint density at radius 2 is 1.76 bits per heavy atom. The molecule has 2 rings (SSSR count). The van der Waals surface area contributed by atoms with Crippen LogP contribution in [0.2, 0.25) is 0 Å². The number of rotatable bonds is 3. The maximum atomic E-state index is 13.1. The van der Waals surface area contributed by atoms with Crippen LogP contribution in [0.1, 0.15) is 15.9 Å². The van der Waals surface area contributed by atoms with Gasteiger partial charge in [-0.15, -0.1) is 0 Å². The Kier molecular flexibility index (Phi) is 3.84. The van der Waals surface area contributed by atoms with Crippen LogP contribution < -0.4 is 4.74 Å². The Morgan fingerprint density at radius 1 is 1.10 bits per heavy atom. The first-order valence-electron chi connectivity index (χ1n) is 5.66. The van der Waals surface area contributed by atoms with Crippen molar-refractivity contribution in [2.45, 2.75) is 6.18 Å². The number of aromatic carboxylic acids is 1. The van der Waals surface area contributed by atoms with Gasteiger partial charge in [0.1, 0.15) is 22.9 Å². The Bertz CT molecular complexity index is 680. The fraction of sp³-hybridized carbons (Fsp3) is 0.0714. The molecule has 0 amide bonds. The Morgan fingerprint density at radius 3 is 2.38 bits per heavy atom. The van der Waals surface area contributed by atoms with Gasteiger partial charge in [0.2, 0.25) is 0 Å². The molecule has 0 saturated heterocycles. The summed E-state index contributed by atoms with van der Waals surface area (Å²) in [5.74, 6) is -3.16. The fourth-order valence-electron chi connectivity index (χ4n) is 1.64. The maximum absolute atomic E-state index is 13.1. The van der Waals surface area contributed by atoms with Crippen LogP contribution in [-0.4, -0.2) is 11.1 Å². The number of ether oxygens (including phenoxy) is 1. The van der Waals surface area contributed by atoms with E-state index in [2.05, 4.69) is 0 Å². The molecule has 2 aromatic carbocycles. The molecule has 110 valence electrons. The van der Waals surface area contributed by atoms with Gasteiger partial charge in [-0.05, 0) is 30.3 Å². The van der Waals surface area contributed by atoms with E-state index >= 15 is 0 Å². The highest BCUT2D eigenvalue weighted by molar-refractivity contribution is 5.90. The van der Waals surface area contributed by atoms with Crippen LogP contribution in [0.4, 0.5) is 17.6 Å². The van der Waals surface area contributed by atoms with Crippen LogP contribution in [0, 0.1) is 5.82 Å². The number of carbonyl (C=O) groups is 1. The summed E-state index contributed by atoms with van der Waals surface area (Å²) in [6.45, 7) is 0. The lowest BCUT2D eigenvalue weighted by Crippen LogP contribution is -2.08. The second-order valence-corrected chi connectivity index (χ2v) is 4.04. The smallest absolute Gasteiger partial charge is 0.419 e. The van der Waals surface area contributed by atoms with E-state index in [-0.39, 0.29) is 17.1 Å². The number of benzene rings is 2. The number of carboxylic acids is 1. The highest BCUT2D eigenvalue weighted by Crippen LogP contribution is 2.35. The average Bonchev–Trinajstić information content (AvgIpc) is 2.40. The first-order chi connectivity index (χ1) is 9.79. The average molecular weight is 300 g/mol. The van der Waals surface area contributed by atoms with Crippen molar-refractivity contribution >= 4 is 5.97 Å². The molecule has 21 heavy (non-hydrogen) atoms. The molecule has 0 heterocycles. The largest absolute Gasteiger partial charge is 0.478 e. The molecule has 1 N–H and O–H groups in total. The summed E-state index contributed by atoms with van der Waals surface area (Å²) in [4.78, 5) is 11.0. The van der Waals surface area contributed by atoms with E-state index in [1.165, 1.54) is 24.3 Å². The molecule has 0 bridgehead atoms. The lowest BCUT2D eigenvalue weighted by atomic mass is 10.2. The normalized spacial score (nSPS) is 11.2. The van der Waals surface area contributed by atoms with Crippen molar-refractivity contribution < 1.29 is 32.2 Å². The number of hydrogen-bond donors (Lipinski definition) is 1. The van der Waals surface area contributed by atoms with Gasteiger partial charge in [-0.1, -0.05) is 12.1 Å². The molecule has 7 heteroatoms. The van der Waals surface area contributed by atoms with E-state index in [0.717, 1.165) is 6.07 Å². The van der Waals surface area contributed by atoms with E-state index in [9.17, 15) is 22.4 Å². The number of halogens is 4. The van der Waals surface area contributed by atoms with E-state index in [4.69, 9.17) is 9.84 Å². The monoisotopic (exact) mass is 300 g/mol. The summed E-state index contributed by atoms with van der Waals surface area (Å²) in [6, 6.07) is 7.53. The summed E-state index contributed by atoms with van der Waals surface area (Å²) >= 11 is 0. The highest BCUT2D eigenvalue weighted by Gasteiger charge is 2.34. The van der Waals surface area contributed by atoms with Gasteiger partial charge in [-0.25, -0.2) is 9.18 Å². The molecule has 0 saturated carbocycles. The van der Waals surface area contributed by atoms with E-state index in [1.807, 2.05) is 0 Å². The molecule has 0 atom stereocenters. The summed E-state index contributed by atoms with van der Waals surface area (Å²) in [5, 5.41) is 8.95. The van der Waals surface area contributed by atoms with Crippen molar-refractivity contribution in [1.82, 2.24) is 0 Å². The standard InChI is InChI=1S/C14H8F4O3/c15-11-6-5-8(7-10(11)14(16,17)18)21-12-4-2-1-3-9(12)13(19)20/h1-7H,(H,19,20). The summed E-state index contributed by atoms with van der Waals surface area (Å²) in [7, 11) is 0. The highest BCUT2D eigenvalue weighted by atomic mass is 19.4. The molecule has 0 aromatic heterocycles. The molecule has 2 aromatic rings. The van der Waals surface area contributed by atoms with Gasteiger partial charge in [0.05, 0.1) is 5.56 Å². The number of hydrogen-bond acceptors (Lipinski definition) is 2. The zero-order valence-electron chi connectivity index (χ0n) is 10.3. The summed E-state index contributed by atoms with van der Waals surface area (Å²) in [5.41, 5.74) is -1.69. The van der Waals surface area contributed by atoms with Crippen LogP contribution in [0.3, 0.4) is 0 Å². The van der Waals surface area contributed by atoms with Crippen LogP contribution in [-0.2, 0) is 6.18 Å². The first-order valence-corrected chi connectivity index (χ1v) is 5.66. The SMILES string of the molecule is O=C(O)c1ccccc1Oc1ccc(F)c(C(F)(F)F)c1. The summed E-state index contributed by atoms with van der Waals surface area (Å²) < 4.78 is 56.0. The maximum Gasteiger partial charge on any atom is 0.419 e.